The number of hydrogen-bond donors (Lipinski definition) is 4. The van der Waals surface area contributed by atoms with E-state index in [1.165, 1.54) is 30.7 Å². The Morgan fingerprint density at radius 3 is 1.87 bits per heavy atom. The molecule has 1 aliphatic rings. The maximum Gasteiger partial charge on any atom is 0.258 e. The minimum absolute atomic E-state index is 0.0766. The van der Waals surface area contributed by atoms with E-state index in [4.69, 9.17) is 0 Å². The summed E-state index contributed by atoms with van der Waals surface area (Å²) in [5.74, 6) is -2.27. The molecule has 4 N–H and O–H groups in total. The summed E-state index contributed by atoms with van der Waals surface area (Å²) in [6.45, 7) is 27.0. The van der Waals surface area contributed by atoms with Gasteiger partial charge in [0.15, 0.2) is 5.78 Å². The maximum atomic E-state index is 13.6. The number of rotatable bonds is 22. The molecule has 4 amide bonds. The number of azo groups is 1. The Morgan fingerprint density at radius 2 is 1.31 bits per heavy atom. The molecule has 14 nitrogen and oxygen atoms in total. The highest BCUT2D eigenvalue weighted by Crippen LogP contribution is 2.47. The van der Waals surface area contributed by atoms with Crippen molar-refractivity contribution in [3.63, 3.8) is 0 Å². The van der Waals surface area contributed by atoms with Crippen LogP contribution >= 0.6 is 0 Å². The van der Waals surface area contributed by atoms with E-state index in [1.54, 1.807) is 24.3 Å². The van der Waals surface area contributed by atoms with Crippen molar-refractivity contribution in [1.29, 1.82) is 0 Å². The summed E-state index contributed by atoms with van der Waals surface area (Å²) in [6, 6.07) is 15.7. The number of benzene rings is 3. The number of carbonyl (C=O) groups is 5. The topological polar surface area (TPSA) is 168 Å². The van der Waals surface area contributed by atoms with Gasteiger partial charge in [0.25, 0.3) is 23.6 Å². The van der Waals surface area contributed by atoms with Gasteiger partial charge in [-0.2, -0.15) is 10.2 Å². The number of ketones is 1. The average molecular weight is 838 g/mol. The molecule has 0 bridgehead atoms. The molecule has 0 saturated heterocycles. The first-order chi connectivity index (χ1) is 29.0. The van der Waals surface area contributed by atoms with Gasteiger partial charge >= 0.3 is 0 Å². The second-order valence-electron chi connectivity index (χ2n) is 16.4. The number of carbonyl (C=O) groups excluding carboxylic acids is 5. The van der Waals surface area contributed by atoms with Crippen LogP contribution in [-0.2, 0) is 15.0 Å². The highest BCUT2D eigenvalue weighted by Gasteiger charge is 2.43. The molecular formula is C47H67N9O5. The van der Waals surface area contributed by atoms with E-state index in [9.17, 15) is 24.0 Å². The lowest BCUT2D eigenvalue weighted by molar-refractivity contribution is -0.126. The third-order valence-corrected chi connectivity index (χ3v) is 11.7. The highest BCUT2D eigenvalue weighted by atomic mass is 16.2. The Labute approximate surface area is 362 Å². The van der Waals surface area contributed by atoms with Crippen LogP contribution in [0, 0.1) is 0 Å². The van der Waals surface area contributed by atoms with Crippen LogP contribution in [0.2, 0.25) is 0 Å². The molecule has 3 aromatic rings. The fourth-order valence-electron chi connectivity index (χ4n) is 7.68. The summed E-state index contributed by atoms with van der Waals surface area (Å²) >= 11 is 0. The smallest absolute Gasteiger partial charge is 0.258 e. The fourth-order valence-corrected chi connectivity index (χ4v) is 7.68. The van der Waals surface area contributed by atoms with Gasteiger partial charge in [0, 0.05) is 53.1 Å². The van der Waals surface area contributed by atoms with Gasteiger partial charge in [-0.1, -0.05) is 47.6 Å². The molecule has 2 atom stereocenters. The van der Waals surface area contributed by atoms with Gasteiger partial charge in [-0.25, -0.2) is 0 Å². The first-order valence-corrected chi connectivity index (χ1v) is 21.8. The Kier molecular flexibility index (Phi) is 17.7. The third-order valence-electron chi connectivity index (χ3n) is 11.7. The Bertz CT molecular complexity index is 2020. The zero-order valence-electron chi connectivity index (χ0n) is 37.9. The SMILES string of the molecule is CCN(CC)CCCNC(=O)c1ccc(C(=O)NCCCN(CC)CC)c(NC(=O)c2ccc(N=NC(C(C)=O)C(=O)Nc3ccc4c(c3)N(C(C)C)C(C)C4(C)C)cc2)c1. The molecule has 1 aliphatic heterocycles. The highest BCUT2D eigenvalue weighted by molar-refractivity contribution is 6.11. The zero-order valence-corrected chi connectivity index (χ0v) is 37.9. The van der Waals surface area contributed by atoms with Crippen LogP contribution in [0.25, 0.3) is 0 Å². The quantitative estimate of drug-likeness (QED) is 0.0460. The molecule has 0 fully saturated rings. The van der Waals surface area contributed by atoms with Gasteiger partial charge in [0.05, 0.1) is 16.9 Å². The molecule has 0 saturated carbocycles. The number of nitrogens with zero attached hydrogens (tertiary/aromatic N) is 5. The molecule has 2 unspecified atom stereocenters. The number of anilines is 3. The van der Waals surface area contributed by atoms with Crippen molar-refractivity contribution in [2.75, 3.05) is 67.9 Å². The van der Waals surface area contributed by atoms with Crippen molar-refractivity contribution in [3.05, 3.63) is 82.9 Å². The molecule has 3 aromatic carbocycles. The normalized spacial score (nSPS) is 15.0. The Morgan fingerprint density at radius 1 is 0.738 bits per heavy atom. The van der Waals surface area contributed by atoms with E-state index in [0.29, 0.717) is 30.0 Å². The van der Waals surface area contributed by atoms with Crippen molar-refractivity contribution in [3.8, 4) is 0 Å². The Hall–Kier alpha value is -5.47. The molecule has 0 aliphatic carbocycles. The van der Waals surface area contributed by atoms with Crippen LogP contribution < -0.4 is 26.2 Å². The third kappa shape index (κ3) is 12.5. The van der Waals surface area contributed by atoms with E-state index in [2.05, 4.69) is 109 Å². The predicted octanol–water partition coefficient (Wildman–Crippen LogP) is 7.44. The molecule has 0 spiro atoms. The molecule has 0 aromatic heterocycles. The second kappa shape index (κ2) is 22.4. The Balaban J connectivity index is 1.47. The van der Waals surface area contributed by atoms with Gasteiger partial charge < -0.3 is 36.0 Å². The van der Waals surface area contributed by atoms with Crippen LogP contribution in [-0.4, -0.2) is 110 Å². The number of nitrogens with one attached hydrogen (secondary N) is 4. The van der Waals surface area contributed by atoms with Gasteiger partial charge in [0.1, 0.15) is 0 Å². The minimum atomic E-state index is -1.39. The molecule has 0 radical (unpaired) electrons. The largest absolute Gasteiger partial charge is 0.365 e. The lowest BCUT2D eigenvalue weighted by atomic mass is 9.81. The van der Waals surface area contributed by atoms with E-state index < -0.39 is 23.6 Å². The zero-order chi connectivity index (χ0) is 44.9. The van der Waals surface area contributed by atoms with Crippen LogP contribution in [0.4, 0.5) is 22.7 Å². The van der Waals surface area contributed by atoms with E-state index in [1.807, 2.05) is 18.2 Å². The van der Waals surface area contributed by atoms with E-state index in [-0.39, 0.29) is 46.1 Å². The molecule has 14 heteroatoms. The van der Waals surface area contributed by atoms with Crippen molar-refractivity contribution in [1.82, 2.24) is 20.4 Å². The summed E-state index contributed by atoms with van der Waals surface area (Å²) in [7, 11) is 0. The molecular weight excluding hydrogens is 771 g/mol. The lowest BCUT2D eigenvalue weighted by Crippen LogP contribution is -2.42. The van der Waals surface area contributed by atoms with Crippen molar-refractivity contribution < 1.29 is 24.0 Å². The minimum Gasteiger partial charge on any atom is -0.365 e. The molecule has 4 rings (SSSR count). The monoisotopic (exact) mass is 838 g/mol. The second-order valence-corrected chi connectivity index (χ2v) is 16.4. The van der Waals surface area contributed by atoms with Crippen molar-refractivity contribution in [2.24, 2.45) is 10.2 Å². The lowest BCUT2D eigenvalue weighted by Gasteiger charge is -2.34. The van der Waals surface area contributed by atoms with Crippen LogP contribution in [0.1, 0.15) is 119 Å². The molecule has 61 heavy (non-hydrogen) atoms. The maximum absolute atomic E-state index is 13.6. The van der Waals surface area contributed by atoms with Gasteiger partial charge in [-0.15, -0.1) is 0 Å². The van der Waals surface area contributed by atoms with Crippen molar-refractivity contribution >= 4 is 52.2 Å². The number of fused-ring (bicyclic) bond motifs is 1. The number of Topliss-reactive ketones (excluding diaryl/α,β-unsaturated/α-hetero) is 1. The van der Waals surface area contributed by atoms with E-state index in [0.717, 1.165) is 57.8 Å². The number of hydrogen-bond acceptors (Lipinski definition) is 10. The van der Waals surface area contributed by atoms with Crippen molar-refractivity contribution in [2.45, 2.75) is 106 Å². The summed E-state index contributed by atoms with van der Waals surface area (Å²) in [5, 5.41) is 19.9. The summed E-state index contributed by atoms with van der Waals surface area (Å²) in [6.07, 6.45) is 1.54. The van der Waals surface area contributed by atoms with Gasteiger partial charge in [0.2, 0.25) is 6.04 Å². The van der Waals surface area contributed by atoms with E-state index >= 15 is 0 Å². The standard InChI is InChI=1S/C47H67N9O5/c1-11-54(12-2)27-15-25-48-43(58)35-19-23-38(45(60)49-26-16-28-55(13-3)14-4)40(29-35)51-44(59)34-17-20-36(21-18-34)52-53-42(32(7)57)46(61)50-37-22-24-39-41(30-37)56(31(5)6)33(8)47(39,9)10/h17-24,29-31,33,42H,11-16,25-28H2,1-10H3,(H,48,58)(H,49,60)(H,50,61)(H,51,59). The van der Waals surface area contributed by atoms with Crippen LogP contribution in [0.5, 0.6) is 0 Å². The van der Waals surface area contributed by atoms with Crippen LogP contribution in [0.3, 0.4) is 0 Å². The average Bonchev–Trinajstić information content (AvgIpc) is 3.43. The first-order valence-electron chi connectivity index (χ1n) is 21.8. The summed E-state index contributed by atoms with van der Waals surface area (Å²) in [5.41, 5.74) is 4.03. The number of amides is 4. The van der Waals surface area contributed by atoms with Gasteiger partial charge in [-0.05, 0) is 140 Å². The van der Waals surface area contributed by atoms with Gasteiger partial charge in [-0.3, -0.25) is 24.0 Å². The molecule has 330 valence electrons. The molecule has 1 heterocycles. The summed E-state index contributed by atoms with van der Waals surface area (Å²) < 4.78 is 0. The fraction of sp³-hybridized carbons (Fsp3) is 0.511. The summed E-state index contributed by atoms with van der Waals surface area (Å²) in [4.78, 5) is 73.1. The first kappa shape index (κ1) is 48.2. The van der Waals surface area contributed by atoms with Crippen LogP contribution in [0.15, 0.2) is 70.9 Å². The predicted molar refractivity (Wildman–Crippen MR) is 244 cm³/mol.